The first kappa shape index (κ1) is 10.9. The third kappa shape index (κ3) is 2.94. The minimum atomic E-state index is 0.812. The third-order valence-corrected chi connectivity index (χ3v) is 2.56. The van der Waals surface area contributed by atoms with Crippen LogP contribution in [0.4, 0.5) is 0 Å². The van der Waals surface area contributed by atoms with Crippen LogP contribution < -0.4 is 0 Å². The molecule has 16 heavy (non-hydrogen) atoms. The maximum absolute atomic E-state index is 5.45. The number of nitrogens with zero attached hydrogens (tertiary/aromatic N) is 1. The Hall–Kier alpha value is -1.60. The van der Waals surface area contributed by atoms with Gasteiger partial charge < -0.3 is 0 Å². The topological polar surface area (TPSA) is 12.4 Å². The normalized spacial score (nSPS) is 18.1. The van der Waals surface area contributed by atoms with Gasteiger partial charge in [0.25, 0.3) is 0 Å². The summed E-state index contributed by atoms with van der Waals surface area (Å²) in [5.74, 6) is 0. The quantitative estimate of drug-likeness (QED) is 0.722. The van der Waals surface area contributed by atoms with E-state index in [0.717, 1.165) is 17.7 Å². The number of halogens is 1. The second-order valence-corrected chi connectivity index (χ2v) is 3.74. The van der Waals surface area contributed by atoms with E-state index in [1.807, 2.05) is 24.3 Å². The van der Waals surface area contributed by atoms with Gasteiger partial charge in [-0.3, -0.25) is 0 Å². The first-order valence-corrected chi connectivity index (χ1v) is 5.51. The highest BCUT2D eigenvalue weighted by Crippen LogP contribution is 2.12. The van der Waals surface area contributed by atoms with Crippen LogP contribution in [0.5, 0.6) is 0 Å². The zero-order valence-corrected chi connectivity index (χ0v) is 9.56. The van der Waals surface area contributed by atoms with E-state index < -0.39 is 0 Å². The molecule has 2 heteroatoms. The summed E-state index contributed by atoms with van der Waals surface area (Å²) in [6.07, 6.45) is 11.1. The van der Waals surface area contributed by atoms with Crippen LogP contribution in [0, 0.1) is 0 Å². The van der Waals surface area contributed by atoms with E-state index in [1.165, 1.54) is 5.56 Å². The van der Waals surface area contributed by atoms with Gasteiger partial charge >= 0.3 is 0 Å². The van der Waals surface area contributed by atoms with Gasteiger partial charge in [-0.25, -0.2) is 0 Å². The summed E-state index contributed by atoms with van der Waals surface area (Å²) in [5.41, 5.74) is 3.21. The molecular weight excluding hydrogens is 218 g/mol. The van der Waals surface area contributed by atoms with Crippen molar-refractivity contribution in [2.75, 3.05) is 0 Å². The number of rotatable bonds is 2. The van der Waals surface area contributed by atoms with Crippen molar-refractivity contribution in [2.24, 2.45) is 4.51 Å². The van der Waals surface area contributed by atoms with Crippen LogP contribution in [0.3, 0.4) is 0 Å². The highest BCUT2D eigenvalue weighted by molar-refractivity contribution is 6.22. The fourth-order valence-corrected chi connectivity index (χ4v) is 1.65. The lowest BCUT2D eigenvalue weighted by Crippen LogP contribution is -1.95. The average Bonchev–Trinajstić information content (AvgIpc) is 2.38. The van der Waals surface area contributed by atoms with Gasteiger partial charge in [-0.05, 0) is 17.2 Å². The van der Waals surface area contributed by atoms with E-state index in [1.54, 1.807) is 0 Å². The molecule has 1 aromatic carbocycles. The van der Waals surface area contributed by atoms with E-state index in [2.05, 4.69) is 40.9 Å². The molecule has 0 radical (unpaired) electrons. The Morgan fingerprint density at radius 3 is 2.69 bits per heavy atom. The molecule has 0 bridgehead atoms. The lowest BCUT2D eigenvalue weighted by molar-refractivity contribution is 1.42. The van der Waals surface area contributed by atoms with Crippen molar-refractivity contribution < 1.29 is 0 Å². The van der Waals surface area contributed by atoms with Crippen molar-refractivity contribution in [2.45, 2.75) is 6.42 Å². The van der Waals surface area contributed by atoms with Gasteiger partial charge in [0.2, 0.25) is 0 Å². The molecule has 80 valence electrons. The summed E-state index contributed by atoms with van der Waals surface area (Å²) >= 11 is 5.45. The Morgan fingerprint density at radius 1 is 1.12 bits per heavy atom. The highest BCUT2D eigenvalue weighted by atomic mass is 35.5. The first-order valence-electron chi connectivity index (χ1n) is 5.18. The van der Waals surface area contributed by atoms with Crippen molar-refractivity contribution in [1.29, 1.82) is 0 Å². The predicted molar refractivity (Wildman–Crippen MR) is 70.6 cm³/mol. The molecular formula is C14H12ClN. The third-order valence-electron chi connectivity index (χ3n) is 2.35. The monoisotopic (exact) mass is 229 g/mol. The van der Waals surface area contributed by atoms with Crippen LogP contribution in [0.1, 0.15) is 12.0 Å². The van der Waals surface area contributed by atoms with Crippen LogP contribution in [0.15, 0.2) is 64.7 Å². The van der Waals surface area contributed by atoms with E-state index in [9.17, 15) is 0 Å². The van der Waals surface area contributed by atoms with Crippen molar-refractivity contribution in [1.82, 2.24) is 0 Å². The second kappa shape index (κ2) is 5.47. The number of allylic oxidation sites excluding steroid dienone is 5. The Bertz CT molecular complexity index is 467. The smallest absolute Gasteiger partial charge is 0.0594 e. The Labute approximate surface area is 101 Å². The van der Waals surface area contributed by atoms with E-state index in [-0.39, 0.29) is 0 Å². The van der Waals surface area contributed by atoms with Gasteiger partial charge in [0.05, 0.1) is 5.71 Å². The molecule has 1 aliphatic rings. The van der Waals surface area contributed by atoms with E-state index >= 15 is 0 Å². The Balaban J connectivity index is 2.13. The van der Waals surface area contributed by atoms with Gasteiger partial charge in [0, 0.05) is 18.2 Å². The maximum Gasteiger partial charge on any atom is 0.0594 e. The van der Waals surface area contributed by atoms with Crippen molar-refractivity contribution in [3.63, 3.8) is 0 Å². The van der Waals surface area contributed by atoms with Crippen molar-refractivity contribution in [3.05, 3.63) is 65.8 Å². The lowest BCUT2D eigenvalue weighted by atomic mass is 10.0. The minimum absolute atomic E-state index is 0.812. The summed E-state index contributed by atoms with van der Waals surface area (Å²) < 4.78 is 3.68. The lowest BCUT2D eigenvalue weighted by Gasteiger charge is -2.03. The van der Waals surface area contributed by atoms with Crippen molar-refractivity contribution >= 4 is 23.6 Å². The standard InChI is InChI=1S/C14H12ClN/c15-16-14-8-4-7-13(11-14)10-9-12-5-2-1-3-6-12/h1-7,9-11H,8H2. The summed E-state index contributed by atoms with van der Waals surface area (Å²) in [5, 5.41) is 0. The van der Waals surface area contributed by atoms with Gasteiger partial charge in [-0.1, -0.05) is 54.6 Å². The number of hydrogen-bond donors (Lipinski definition) is 0. The molecule has 0 atom stereocenters. The number of hydrogen-bond acceptors (Lipinski definition) is 1. The minimum Gasteiger partial charge on any atom is -0.182 e. The maximum atomic E-state index is 5.45. The molecule has 1 aromatic rings. The zero-order valence-electron chi connectivity index (χ0n) is 8.81. The average molecular weight is 230 g/mol. The molecule has 0 unspecified atom stereocenters. The van der Waals surface area contributed by atoms with Crippen LogP contribution in [0.25, 0.3) is 6.08 Å². The molecule has 0 fully saturated rings. The van der Waals surface area contributed by atoms with Crippen molar-refractivity contribution in [3.8, 4) is 0 Å². The van der Waals surface area contributed by atoms with Crippen LogP contribution in [-0.4, -0.2) is 5.71 Å². The molecule has 2 rings (SSSR count). The molecule has 0 heterocycles. The molecule has 1 aliphatic carbocycles. The predicted octanol–water partition coefficient (Wildman–Crippen LogP) is 4.18. The SMILES string of the molecule is ClN=C1C=C(C=Cc2ccccc2)C=CC1. The van der Waals surface area contributed by atoms with Gasteiger partial charge in [-0.2, -0.15) is 4.51 Å². The fraction of sp³-hybridized carbons (Fsp3) is 0.0714. The van der Waals surface area contributed by atoms with Gasteiger partial charge in [0.15, 0.2) is 0 Å². The summed E-state index contributed by atoms with van der Waals surface area (Å²) in [6, 6.07) is 10.2. The molecule has 1 nitrogen and oxygen atoms in total. The van der Waals surface area contributed by atoms with Crippen LogP contribution >= 0.6 is 11.8 Å². The van der Waals surface area contributed by atoms with Crippen LogP contribution in [-0.2, 0) is 0 Å². The summed E-state index contributed by atoms with van der Waals surface area (Å²) in [6.45, 7) is 0. The molecule has 0 saturated carbocycles. The Kier molecular flexibility index (Phi) is 3.73. The molecule has 0 aromatic heterocycles. The Morgan fingerprint density at radius 2 is 1.94 bits per heavy atom. The zero-order chi connectivity index (χ0) is 11.2. The molecule has 0 amide bonds. The number of benzene rings is 1. The highest BCUT2D eigenvalue weighted by Gasteiger charge is 1.99. The summed E-state index contributed by atoms with van der Waals surface area (Å²) in [4.78, 5) is 0. The van der Waals surface area contributed by atoms with E-state index in [0.29, 0.717) is 0 Å². The molecule has 0 spiro atoms. The molecule has 0 aliphatic heterocycles. The molecule has 0 saturated heterocycles. The molecule has 0 N–H and O–H groups in total. The van der Waals surface area contributed by atoms with Crippen LogP contribution in [0.2, 0.25) is 0 Å². The van der Waals surface area contributed by atoms with E-state index in [4.69, 9.17) is 11.8 Å². The summed E-state index contributed by atoms with van der Waals surface area (Å²) in [7, 11) is 0. The first-order chi connectivity index (χ1) is 7.88. The largest absolute Gasteiger partial charge is 0.182 e. The van der Waals surface area contributed by atoms with Gasteiger partial charge in [-0.15, -0.1) is 0 Å². The fourth-order valence-electron chi connectivity index (χ4n) is 1.53. The second-order valence-electron chi connectivity index (χ2n) is 3.57. The van der Waals surface area contributed by atoms with Gasteiger partial charge in [0.1, 0.15) is 0 Å².